The Morgan fingerprint density at radius 1 is 1.70 bits per heavy atom. The van der Waals surface area contributed by atoms with Gasteiger partial charge in [0.2, 0.25) is 0 Å². The average Bonchev–Trinajstić information content (AvgIpc) is 1.94. The number of nitrogens with one attached hydrogen (secondary N) is 2. The van der Waals surface area contributed by atoms with Gasteiger partial charge in [0.1, 0.15) is 6.34 Å². The monoisotopic (exact) mass is 137 g/mol. The summed E-state index contributed by atoms with van der Waals surface area (Å²) in [5, 5.41) is 9.90. The van der Waals surface area contributed by atoms with Crippen LogP contribution in [0.15, 0.2) is 17.1 Å². The lowest BCUT2D eigenvalue weighted by atomic mass is 10.1. The third kappa shape index (κ3) is 1.51. The summed E-state index contributed by atoms with van der Waals surface area (Å²) in [5.41, 5.74) is 1.98. The molecule has 0 aromatic heterocycles. The van der Waals surface area contributed by atoms with Crippen molar-refractivity contribution in [3.05, 3.63) is 12.2 Å². The van der Waals surface area contributed by atoms with Crippen LogP contribution in [0.2, 0.25) is 0 Å². The number of hydrogen-bond donors (Lipinski definition) is 2. The molecule has 0 atom stereocenters. The first-order valence-corrected chi connectivity index (χ1v) is 3.29. The summed E-state index contributed by atoms with van der Waals surface area (Å²) >= 11 is 0. The van der Waals surface area contributed by atoms with E-state index in [9.17, 15) is 0 Å². The van der Waals surface area contributed by atoms with E-state index in [1.54, 1.807) is 0 Å². The standard InChI is InChI=1S/C7H11N3/c1-6-2-3-9-4-7(6)10-5-8/h5,8-9H,1-4H2. The van der Waals surface area contributed by atoms with E-state index < -0.39 is 0 Å². The van der Waals surface area contributed by atoms with Crippen LogP contribution in [0.1, 0.15) is 6.42 Å². The van der Waals surface area contributed by atoms with Crippen molar-refractivity contribution >= 4 is 12.1 Å². The highest BCUT2D eigenvalue weighted by Gasteiger charge is 2.08. The van der Waals surface area contributed by atoms with Crippen molar-refractivity contribution < 1.29 is 0 Å². The second-order valence-electron chi connectivity index (χ2n) is 2.24. The molecule has 3 nitrogen and oxygen atoms in total. The minimum atomic E-state index is 0.758. The first-order chi connectivity index (χ1) is 4.84. The van der Waals surface area contributed by atoms with Gasteiger partial charge in [-0.1, -0.05) is 6.58 Å². The zero-order valence-corrected chi connectivity index (χ0v) is 5.85. The molecular formula is C7H11N3. The first kappa shape index (κ1) is 7.15. The van der Waals surface area contributed by atoms with E-state index >= 15 is 0 Å². The predicted octanol–water partition coefficient (Wildman–Crippen LogP) is 0.584. The number of aliphatic imine (C=N–C) groups is 1. The Bertz CT molecular complexity index is 181. The van der Waals surface area contributed by atoms with Crippen LogP contribution in [-0.2, 0) is 0 Å². The molecule has 10 heavy (non-hydrogen) atoms. The van der Waals surface area contributed by atoms with Crippen LogP contribution < -0.4 is 5.32 Å². The molecule has 0 bridgehead atoms. The molecule has 3 heteroatoms. The van der Waals surface area contributed by atoms with Crippen LogP contribution in [0.25, 0.3) is 0 Å². The van der Waals surface area contributed by atoms with E-state index in [2.05, 4.69) is 16.9 Å². The predicted molar refractivity (Wildman–Crippen MR) is 42.8 cm³/mol. The summed E-state index contributed by atoms with van der Waals surface area (Å²) in [6, 6.07) is 0. The highest BCUT2D eigenvalue weighted by Crippen LogP contribution is 2.03. The van der Waals surface area contributed by atoms with Gasteiger partial charge in [0.05, 0.1) is 5.71 Å². The maximum atomic E-state index is 6.75. The Balaban J connectivity index is 2.64. The summed E-state index contributed by atoms with van der Waals surface area (Å²) in [4.78, 5) is 3.86. The van der Waals surface area contributed by atoms with Crippen LogP contribution >= 0.6 is 0 Å². The topological polar surface area (TPSA) is 48.2 Å². The van der Waals surface area contributed by atoms with Gasteiger partial charge in [-0.2, -0.15) is 0 Å². The van der Waals surface area contributed by atoms with Gasteiger partial charge in [-0.3, -0.25) is 5.41 Å². The minimum Gasteiger partial charge on any atom is -0.311 e. The van der Waals surface area contributed by atoms with Gasteiger partial charge >= 0.3 is 0 Å². The molecule has 0 aromatic carbocycles. The van der Waals surface area contributed by atoms with E-state index in [1.165, 1.54) is 0 Å². The largest absolute Gasteiger partial charge is 0.311 e. The lowest BCUT2D eigenvalue weighted by molar-refractivity contribution is 0.734. The Labute approximate surface area is 60.4 Å². The van der Waals surface area contributed by atoms with E-state index in [-0.39, 0.29) is 0 Å². The van der Waals surface area contributed by atoms with Crippen molar-refractivity contribution in [3.63, 3.8) is 0 Å². The van der Waals surface area contributed by atoms with Gasteiger partial charge in [-0.15, -0.1) is 0 Å². The highest BCUT2D eigenvalue weighted by molar-refractivity contribution is 6.04. The second kappa shape index (κ2) is 3.27. The van der Waals surface area contributed by atoms with Crippen molar-refractivity contribution in [2.24, 2.45) is 4.99 Å². The minimum absolute atomic E-state index is 0.758. The van der Waals surface area contributed by atoms with Crippen LogP contribution in [0, 0.1) is 5.41 Å². The molecule has 1 rings (SSSR count). The number of nitrogens with zero attached hydrogens (tertiary/aromatic N) is 1. The summed E-state index contributed by atoms with van der Waals surface area (Å²) in [5.74, 6) is 0. The summed E-state index contributed by atoms with van der Waals surface area (Å²) in [6.07, 6.45) is 2.01. The third-order valence-electron chi connectivity index (χ3n) is 1.52. The molecule has 0 spiro atoms. The van der Waals surface area contributed by atoms with Gasteiger partial charge in [0.25, 0.3) is 0 Å². The van der Waals surface area contributed by atoms with Crippen molar-refractivity contribution in [2.45, 2.75) is 6.42 Å². The summed E-state index contributed by atoms with van der Waals surface area (Å²) in [7, 11) is 0. The van der Waals surface area contributed by atoms with Gasteiger partial charge < -0.3 is 5.32 Å². The van der Waals surface area contributed by atoms with Crippen LogP contribution in [-0.4, -0.2) is 25.1 Å². The molecule has 0 unspecified atom stereocenters. The molecule has 1 aliphatic heterocycles. The molecule has 0 radical (unpaired) electrons. The molecule has 0 aromatic rings. The van der Waals surface area contributed by atoms with E-state index in [0.29, 0.717) is 0 Å². The molecule has 0 saturated carbocycles. The summed E-state index contributed by atoms with van der Waals surface area (Å²) < 4.78 is 0. The van der Waals surface area contributed by atoms with Crippen LogP contribution in [0.5, 0.6) is 0 Å². The fourth-order valence-corrected chi connectivity index (χ4v) is 0.930. The Morgan fingerprint density at radius 3 is 3.10 bits per heavy atom. The van der Waals surface area contributed by atoms with Crippen LogP contribution in [0.3, 0.4) is 0 Å². The lowest BCUT2D eigenvalue weighted by Gasteiger charge is -2.15. The van der Waals surface area contributed by atoms with Gasteiger partial charge in [-0.25, -0.2) is 4.99 Å². The smallest absolute Gasteiger partial charge is 0.107 e. The van der Waals surface area contributed by atoms with Crippen molar-refractivity contribution in [2.75, 3.05) is 13.1 Å². The SMILES string of the molecule is C=C1CCNCC1=NC=N. The second-order valence-corrected chi connectivity index (χ2v) is 2.24. The zero-order valence-electron chi connectivity index (χ0n) is 5.85. The molecule has 0 amide bonds. The Hall–Kier alpha value is -0.960. The molecule has 54 valence electrons. The van der Waals surface area contributed by atoms with E-state index in [0.717, 1.165) is 37.1 Å². The first-order valence-electron chi connectivity index (χ1n) is 3.29. The van der Waals surface area contributed by atoms with E-state index in [4.69, 9.17) is 5.41 Å². The average molecular weight is 137 g/mol. The Kier molecular flexibility index (Phi) is 2.34. The highest BCUT2D eigenvalue weighted by atomic mass is 14.9. The fourth-order valence-electron chi connectivity index (χ4n) is 0.930. The lowest BCUT2D eigenvalue weighted by Crippen LogP contribution is -2.31. The maximum absolute atomic E-state index is 6.75. The molecule has 1 aliphatic rings. The molecule has 1 fully saturated rings. The molecule has 2 N–H and O–H groups in total. The van der Waals surface area contributed by atoms with Gasteiger partial charge in [0.15, 0.2) is 0 Å². The molecular weight excluding hydrogens is 126 g/mol. The van der Waals surface area contributed by atoms with Crippen molar-refractivity contribution in [3.8, 4) is 0 Å². The zero-order chi connectivity index (χ0) is 7.40. The number of piperidine rings is 1. The van der Waals surface area contributed by atoms with E-state index in [1.807, 2.05) is 0 Å². The summed E-state index contributed by atoms with van der Waals surface area (Å²) in [6.45, 7) is 5.58. The number of rotatable bonds is 1. The number of hydrogen-bond acceptors (Lipinski definition) is 2. The van der Waals surface area contributed by atoms with Gasteiger partial charge in [0, 0.05) is 6.54 Å². The quantitative estimate of drug-likeness (QED) is 0.403. The van der Waals surface area contributed by atoms with Crippen LogP contribution in [0.4, 0.5) is 0 Å². The van der Waals surface area contributed by atoms with Crippen molar-refractivity contribution in [1.29, 1.82) is 5.41 Å². The molecule has 1 heterocycles. The molecule has 1 saturated heterocycles. The Morgan fingerprint density at radius 2 is 2.50 bits per heavy atom. The van der Waals surface area contributed by atoms with Crippen molar-refractivity contribution in [1.82, 2.24) is 5.32 Å². The normalized spacial score (nSPS) is 23.2. The third-order valence-corrected chi connectivity index (χ3v) is 1.52. The maximum Gasteiger partial charge on any atom is 0.107 e. The van der Waals surface area contributed by atoms with Gasteiger partial charge in [-0.05, 0) is 18.5 Å². The fraction of sp³-hybridized carbons (Fsp3) is 0.429. The molecule has 0 aliphatic carbocycles.